The fourth-order valence-corrected chi connectivity index (χ4v) is 3.56. The van der Waals surface area contributed by atoms with Gasteiger partial charge in [-0.15, -0.1) is 0 Å². The molecule has 0 unspecified atom stereocenters. The summed E-state index contributed by atoms with van der Waals surface area (Å²) in [5.74, 6) is 1.77. The lowest BCUT2D eigenvalue weighted by molar-refractivity contribution is 0.505. The zero-order valence-corrected chi connectivity index (χ0v) is 12.9. The van der Waals surface area contributed by atoms with Crippen LogP contribution in [0.1, 0.15) is 30.0 Å². The van der Waals surface area contributed by atoms with Crippen molar-refractivity contribution in [2.24, 2.45) is 0 Å². The Morgan fingerprint density at radius 1 is 1.05 bits per heavy atom. The SMILES string of the molecule is Cc1cccc(N2CCC(c3c[nH]c4ccccc34)CC2)n1. The largest absolute Gasteiger partial charge is 0.361 e. The molecular weight excluding hydrogens is 270 g/mol. The Balaban J connectivity index is 1.52. The second-order valence-corrected chi connectivity index (χ2v) is 6.19. The molecule has 1 saturated heterocycles. The third kappa shape index (κ3) is 2.37. The van der Waals surface area contributed by atoms with Gasteiger partial charge in [0.05, 0.1) is 0 Å². The number of H-pyrrole nitrogens is 1. The molecule has 1 aliphatic heterocycles. The van der Waals surface area contributed by atoms with Crippen molar-refractivity contribution in [1.29, 1.82) is 0 Å². The second-order valence-electron chi connectivity index (χ2n) is 6.19. The Labute approximate surface area is 131 Å². The van der Waals surface area contributed by atoms with E-state index in [2.05, 4.69) is 70.5 Å². The van der Waals surface area contributed by atoms with Gasteiger partial charge in [-0.05, 0) is 49.4 Å². The van der Waals surface area contributed by atoms with Gasteiger partial charge in [0.15, 0.2) is 0 Å². The Morgan fingerprint density at radius 3 is 2.68 bits per heavy atom. The van der Waals surface area contributed by atoms with Gasteiger partial charge in [0, 0.05) is 35.9 Å². The van der Waals surface area contributed by atoms with Gasteiger partial charge in [-0.2, -0.15) is 0 Å². The molecule has 0 bridgehead atoms. The van der Waals surface area contributed by atoms with Crippen LogP contribution in [0.3, 0.4) is 0 Å². The number of nitrogens with one attached hydrogen (secondary N) is 1. The Kier molecular flexibility index (Phi) is 3.34. The number of nitrogens with zero attached hydrogens (tertiary/aromatic N) is 2. The number of fused-ring (bicyclic) bond motifs is 1. The first-order chi connectivity index (χ1) is 10.8. The van der Waals surface area contributed by atoms with Crippen LogP contribution in [0.4, 0.5) is 5.82 Å². The van der Waals surface area contributed by atoms with Gasteiger partial charge in [-0.1, -0.05) is 24.3 Å². The van der Waals surface area contributed by atoms with Gasteiger partial charge in [-0.25, -0.2) is 4.98 Å². The van der Waals surface area contributed by atoms with Gasteiger partial charge >= 0.3 is 0 Å². The first-order valence-electron chi connectivity index (χ1n) is 8.06. The van der Waals surface area contributed by atoms with Crippen LogP contribution in [0, 0.1) is 6.92 Å². The monoisotopic (exact) mass is 291 g/mol. The molecule has 0 radical (unpaired) electrons. The van der Waals surface area contributed by atoms with Crippen LogP contribution in [-0.4, -0.2) is 23.1 Å². The summed E-state index contributed by atoms with van der Waals surface area (Å²) in [6.07, 6.45) is 4.59. The van der Waals surface area contributed by atoms with E-state index in [1.807, 2.05) is 0 Å². The molecule has 0 atom stereocenters. The summed E-state index contributed by atoms with van der Waals surface area (Å²) in [5, 5.41) is 1.38. The topological polar surface area (TPSA) is 31.9 Å². The number of rotatable bonds is 2. The zero-order valence-electron chi connectivity index (χ0n) is 12.9. The van der Waals surface area contributed by atoms with Crippen molar-refractivity contribution in [3.05, 3.63) is 59.9 Å². The highest BCUT2D eigenvalue weighted by Crippen LogP contribution is 2.34. The molecule has 0 spiro atoms. The molecule has 1 fully saturated rings. The minimum absolute atomic E-state index is 0.650. The molecule has 3 nitrogen and oxygen atoms in total. The fraction of sp³-hybridized carbons (Fsp3) is 0.316. The van der Waals surface area contributed by atoms with Crippen molar-refractivity contribution < 1.29 is 0 Å². The van der Waals surface area contributed by atoms with E-state index in [9.17, 15) is 0 Å². The fourth-order valence-electron chi connectivity index (χ4n) is 3.56. The number of piperidine rings is 1. The lowest BCUT2D eigenvalue weighted by Gasteiger charge is -2.33. The summed E-state index contributed by atoms with van der Waals surface area (Å²) in [6, 6.07) is 14.9. The van der Waals surface area contributed by atoms with Crippen molar-refractivity contribution in [2.75, 3.05) is 18.0 Å². The standard InChI is InChI=1S/C19H21N3/c1-14-5-4-8-19(21-14)22-11-9-15(10-12-22)17-13-20-18-7-3-2-6-16(17)18/h2-8,13,15,20H,9-12H2,1H3. The minimum Gasteiger partial charge on any atom is -0.361 e. The highest BCUT2D eigenvalue weighted by atomic mass is 15.2. The van der Waals surface area contributed by atoms with Crippen LogP contribution >= 0.6 is 0 Å². The van der Waals surface area contributed by atoms with Crippen LogP contribution in [0.5, 0.6) is 0 Å². The van der Waals surface area contributed by atoms with E-state index in [0.29, 0.717) is 5.92 Å². The molecule has 0 amide bonds. The molecule has 3 heteroatoms. The maximum atomic E-state index is 4.65. The van der Waals surface area contributed by atoms with E-state index in [1.165, 1.54) is 29.3 Å². The van der Waals surface area contributed by atoms with E-state index in [-0.39, 0.29) is 0 Å². The van der Waals surface area contributed by atoms with Gasteiger partial charge in [-0.3, -0.25) is 0 Å². The second kappa shape index (κ2) is 5.48. The number of benzene rings is 1. The number of hydrogen-bond donors (Lipinski definition) is 1. The third-order valence-electron chi connectivity index (χ3n) is 4.75. The van der Waals surface area contributed by atoms with E-state index in [0.717, 1.165) is 24.6 Å². The highest BCUT2D eigenvalue weighted by molar-refractivity contribution is 5.83. The lowest BCUT2D eigenvalue weighted by Crippen LogP contribution is -2.33. The maximum absolute atomic E-state index is 4.65. The average molecular weight is 291 g/mol. The van der Waals surface area contributed by atoms with Gasteiger partial charge < -0.3 is 9.88 Å². The van der Waals surface area contributed by atoms with Crippen LogP contribution < -0.4 is 4.90 Å². The first kappa shape index (κ1) is 13.4. The summed E-state index contributed by atoms with van der Waals surface area (Å²) in [4.78, 5) is 10.5. The van der Waals surface area contributed by atoms with Crippen LogP contribution in [0.2, 0.25) is 0 Å². The molecule has 22 heavy (non-hydrogen) atoms. The number of aromatic nitrogens is 2. The van der Waals surface area contributed by atoms with Gasteiger partial charge in [0.25, 0.3) is 0 Å². The summed E-state index contributed by atoms with van der Waals surface area (Å²) in [7, 11) is 0. The molecule has 3 heterocycles. The molecule has 1 aromatic carbocycles. The summed E-state index contributed by atoms with van der Waals surface area (Å²) in [5.41, 5.74) is 3.82. The van der Waals surface area contributed by atoms with E-state index >= 15 is 0 Å². The van der Waals surface area contributed by atoms with Gasteiger partial charge in [0.1, 0.15) is 5.82 Å². The number of pyridine rings is 1. The lowest BCUT2D eigenvalue weighted by atomic mass is 9.89. The number of para-hydroxylation sites is 1. The molecule has 112 valence electrons. The number of aryl methyl sites for hydroxylation is 1. The third-order valence-corrected chi connectivity index (χ3v) is 4.75. The number of hydrogen-bond acceptors (Lipinski definition) is 2. The predicted molar refractivity (Wildman–Crippen MR) is 91.5 cm³/mol. The number of anilines is 1. The molecular formula is C19H21N3. The normalized spacial score (nSPS) is 16.3. The number of aromatic amines is 1. The van der Waals surface area contributed by atoms with E-state index in [1.54, 1.807) is 0 Å². The zero-order chi connectivity index (χ0) is 14.9. The van der Waals surface area contributed by atoms with Gasteiger partial charge in [0.2, 0.25) is 0 Å². The van der Waals surface area contributed by atoms with Crippen molar-refractivity contribution in [3.8, 4) is 0 Å². The quantitative estimate of drug-likeness (QED) is 0.765. The maximum Gasteiger partial charge on any atom is 0.128 e. The Hall–Kier alpha value is -2.29. The molecule has 4 rings (SSSR count). The minimum atomic E-state index is 0.650. The molecule has 2 aromatic heterocycles. The highest BCUT2D eigenvalue weighted by Gasteiger charge is 2.23. The Bertz CT molecular complexity index is 782. The Morgan fingerprint density at radius 2 is 1.86 bits per heavy atom. The molecule has 1 aliphatic rings. The smallest absolute Gasteiger partial charge is 0.128 e. The van der Waals surface area contributed by atoms with Crippen LogP contribution in [0.25, 0.3) is 10.9 Å². The molecule has 0 aliphatic carbocycles. The van der Waals surface area contributed by atoms with Crippen molar-refractivity contribution >= 4 is 16.7 Å². The summed E-state index contributed by atoms with van der Waals surface area (Å²) in [6.45, 7) is 4.23. The van der Waals surface area contributed by atoms with Crippen molar-refractivity contribution in [3.63, 3.8) is 0 Å². The van der Waals surface area contributed by atoms with E-state index in [4.69, 9.17) is 0 Å². The predicted octanol–water partition coefficient (Wildman–Crippen LogP) is 4.26. The summed E-state index contributed by atoms with van der Waals surface area (Å²) >= 11 is 0. The first-order valence-corrected chi connectivity index (χ1v) is 8.06. The van der Waals surface area contributed by atoms with Crippen molar-refractivity contribution in [1.82, 2.24) is 9.97 Å². The van der Waals surface area contributed by atoms with E-state index < -0.39 is 0 Å². The average Bonchev–Trinajstić information content (AvgIpc) is 2.99. The molecule has 0 saturated carbocycles. The molecule has 3 aromatic rings. The van der Waals surface area contributed by atoms with Crippen LogP contribution in [-0.2, 0) is 0 Å². The summed E-state index contributed by atoms with van der Waals surface area (Å²) < 4.78 is 0. The molecule has 1 N–H and O–H groups in total. The van der Waals surface area contributed by atoms with Crippen molar-refractivity contribution in [2.45, 2.75) is 25.7 Å². The van der Waals surface area contributed by atoms with Crippen LogP contribution in [0.15, 0.2) is 48.7 Å².